The van der Waals surface area contributed by atoms with Crippen LogP contribution in [0.15, 0.2) is 30.3 Å². The molecule has 3 heteroatoms. The van der Waals surface area contributed by atoms with E-state index >= 15 is 0 Å². The normalized spacial score (nSPS) is 17.6. The molecule has 0 atom stereocenters. The monoisotopic (exact) mass is 262 g/mol. The predicted octanol–water partition coefficient (Wildman–Crippen LogP) is 1.19. The van der Waals surface area contributed by atoms with Crippen LogP contribution in [0.1, 0.15) is 31.2 Å². The number of hydrogen-bond acceptors (Lipinski definition) is 2. The molecule has 0 amide bonds. The molecular formula is C16H24NO2+. The first-order valence-electron chi connectivity index (χ1n) is 7.17. The molecule has 1 aromatic carbocycles. The maximum absolute atomic E-state index is 12.5. The highest BCUT2D eigenvalue weighted by atomic mass is 16.5. The number of nitrogens with one attached hydrogen (secondary N) is 1. The van der Waals surface area contributed by atoms with Gasteiger partial charge < -0.3 is 9.64 Å². The summed E-state index contributed by atoms with van der Waals surface area (Å²) in [5.74, 6) is -0.0301. The molecule has 0 radical (unpaired) electrons. The Bertz CT molecular complexity index is 408. The van der Waals surface area contributed by atoms with Gasteiger partial charge in [-0.25, -0.2) is 0 Å². The molecule has 0 saturated heterocycles. The summed E-state index contributed by atoms with van der Waals surface area (Å²) in [7, 11) is 4.13. The Balaban J connectivity index is 2.09. The number of quaternary nitrogens is 1. The van der Waals surface area contributed by atoms with E-state index in [1.165, 1.54) is 4.90 Å². The van der Waals surface area contributed by atoms with E-state index in [1.807, 2.05) is 18.2 Å². The number of benzene rings is 1. The molecule has 104 valence electrons. The Morgan fingerprint density at radius 2 is 1.84 bits per heavy atom. The summed E-state index contributed by atoms with van der Waals surface area (Å²) in [4.78, 5) is 13.8. The molecule has 0 aromatic heterocycles. The van der Waals surface area contributed by atoms with Crippen molar-refractivity contribution in [1.29, 1.82) is 0 Å². The number of hydrogen-bond donors (Lipinski definition) is 1. The van der Waals surface area contributed by atoms with Crippen LogP contribution in [-0.2, 0) is 14.9 Å². The van der Waals surface area contributed by atoms with Crippen LogP contribution in [0, 0.1) is 0 Å². The molecular weight excluding hydrogens is 238 g/mol. The van der Waals surface area contributed by atoms with Crippen molar-refractivity contribution in [3.8, 4) is 0 Å². The molecule has 0 bridgehead atoms. The van der Waals surface area contributed by atoms with Gasteiger partial charge in [-0.2, -0.15) is 0 Å². The van der Waals surface area contributed by atoms with Crippen molar-refractivity contribution < 1.29 is 14.4 Å². The molecule has 0 unspecified atom stereocenters. The minimum Gasteiger partial charge on any atom is -0.459 e. The fourth-order valence-electron chi connectivity index (χ4n) is 2.83. The first-order valence-corrected chi connectivity index (χ1v) is 7.17. The quantitative estimate of drug-likeness (QED) is 0.808. The highest BCUT2D eigenvalue weighted by molar-refractivity contribution is 5.83. The summed E-state index contributed by atoms with van der Waals surface area (Å²) in [5, 5.41) is 0. The van der Waals surface area contributed by atoms with Crippen LogP contribution in [0.2, 0.25) is 0 Å². The van der Waals surface area contributed by atoms with Crippen molar-refractivity contribution in [2.24, 2.45) is 0 Å². The van der Waals surface area contributed by atoms with Gasteiger partial charge in [0.25, 0.3) is 0 Å². The minimum absolute atomic E-state index is 0.0301. The molecule has 0 aliphatic heterocycles. The zero-order valence-corrected chi connectivity index (χ0v) is 11.9. The van der Waals surface area contributed by atoms with Crippen molar-refractivity contribution in [2.45, 2.75) is 31.1 Å². The SMILES string of the molecule is C[NH+](C)CCOC(=O)C1(c2ccccc2)CCCC1. The van der Waals surface area contributed by atoms with Gasteiger partial charge in [0.1, 0.15) is 13.2 Å². The minimum atomic E-state index is -0.386. The van der Waals surface area contributed by atoms with Gasteiger partial charge in [0.05, 0.1) is 19.5 Å². The van der Waals surface area contributed by atoms with Gasteiger partial charge in [-0.1, -0.05) is 43.2 Å². The fourth-order valence-corrected chi connectivity index (χ4v) is 2.83. The third kappa shape index (κ3) is 3.16. The summed E-state index contributed by atoms with van der Waals surface area (Å²) in [6.45, 7) is 1.37. The Hall–Kier alpha value is -1.35. The second-order valence-corrected chi connectivity index (χ2v) is 5.75. The Morgan fingerprint density at radius 3 is 2.42 bits per heavy atom. The van der Waals surface area contributed by atoms with Crippen LogP contribution in [0.25, 0.3) is 0 Å². The van der Waals surface area contributed by atoms with Gasteiger partial charge in [0.15, 0.2) is 0 Å². The van der Waals surface area contributed by atoms with Gasteiger partial charge in [0, 0.05) is 0 Å². The summed E-state index contributed by atoms with van der Waals surface area (Å²) < 4.78 is 5.53. The molecule has 1 saturated carbocycles. The van der Waals surface area contributed by atoms with Crippen LogP contribution in [0.3, 0.4) is 0 Å². The lowest BCUT2D eigenvalue weighted by Gasteiger charge is -2.27. The highest BCUT2D eigenvalue weighted by Gasteiger charge is 2.44. The molecule has 1 aromatic rings. The molecule has 0 heterocycles. The van der Waals surface area contributed by atoms with Crippen LogP contribution in [0.4, 0.5) is 0 Å². The lowest BCUT2D eigenvalue weighted by Crippen LogP contribution is -3.06. The zero-order chi connectivity index (χ0) is 13.7. The zero-order valence-electron chi connectivity index (χ0n) is 11.9. The van der Waals surface area contributed by atoms with E-state index in [2.05, 4.69) is 26.2 Å². The van der Waals surface area contributed by atoms with Gasteiger partial charge in [0.2, 0.25) is 0 Å². The molecule has 1 N–H and O–H groups in total. The standard InChI is InChI=1S/C16H23NO2/c1-17(2)12-13-19-15(18)16(10-6-7-11-16)14-8-4-3-5-9-14/h3-5,8-9H,6-7,10-13H2,1-2H3/p+1. The van der Waals surface area contributed by atoms with E-state index in [0.717, 1.165) is 37.8 Å². The molecule has 19 heavy (non-hydrogen) atoms. The van der Waals surface area contributed by atoms with E-state index in [-0.39, 0.29) is 11.4 Å². The maximum atomic E-state index is 12.5. The van der Waals surface area contributed by atoms with E-state index in [4.69, 9.17) is 4.74 Å². The smallest absolute Gasteiger partial charge is 0.316 e. The van der Waals surface area contributed by atoms with Crippen molar-refractivity contribution in [2.75, 3.05) is 27.2 Å². The number of rotatable bonds is 5. The van der Waals surface area contributed by atoms with Crippen LogP contribution < -0.4 is 4.90 Å². The number of likely N-dealkylation sites (N-methyl/N-ethyl adjacent to an activating group) is 1. The van der Waals surface area contributed by atoms with Crippen LogP contribution in [-0.4, -0.2) is 33.2 Å². The molecule has 3 nitrogen and oxygen atoms in total. The van der Waals surface area contributed by atoms with Crippen LogP contribution >= 0.6 is 0 Å². The first kappa shape index (κ1) is 14.1. The lowest BCUT2D eigenvalue weighted by molar-refractivity contribution is -0.858. The molecule has 1 aliphatic carbocycles. The van der Waals surface area contributed by atoms with Crippen molar-refractivity contribution in [3.05, 3.63) is 35.9 Å². The summed E-state index contributed by atoms with van der Waals surface area (Å²) in [6.07, 6.45) is 4.07. The van der Waals surface area contributed by atoms with E-state index in [1.54, 1.807) is 0 Å². The van der Waals surface area contributed by atoms with Crippen molar-refractivity contribution >= 4 is 5.97 Å². The molecule has 2 rings (SSSR count). The van der Waals surface area contributed by atoms with Crippen molar-refractivity contribution in [1.82, 2.24) is 0 Å². The number of esters is 1. The third-order valence-corrected chi connectivity index (χ3v) is 4.01. The lowest BCUT2D eigenvalue weighted by atomic mass is 9.79. The largest absolute Gasteiger partial charge is 0.459 e. The van der Waals surface area contributed by atoms with E-state index in [9.17, 15) is 4.79 Å². The number of ether oxygens (including phenoxy) is 1. The number of carbonyl (C=O) groups is 1. The van der Waals surface area contributed by atoms with Crippen molar-refractivity contribution in [3.63, 3.8) is 0 Å². The third-order valence-electron chi connectivity index (χ3n) is 4.01. The van der Waals surface area contributed by atoms with Gasteiger partial charge in [-0.15, -0.1) is 0 Å². The Morgan fingerprint density at radius 1 is 1.21 bits per heavy atom. The first-order chi connectivity index (χ1) is 9.15. The van der Waals surface area contributed by atoms with Gasteiger partial charge in [-0.05, 0) is 18.4 Å². The molecule has 0 spiro atoms. The maximum Gasteiger partial charge on any atom is 0.316 e. The van der Waals surface area contributed by atoms with E-state index in [0.29, 0.717) is 6.61 Å². The molecule has 1 fully saturated rings. The summed E-state index contributed by atoms with van der Waals surface area (Å²) in [5.41, 5.74) is 0.734. The highest BCUT2D eigenvalue weighted by Crippen LogP contribution is 2.42. The predicted molar refractivity (Wildman–Crippen MR) is 75.2 cm³/mol. The average molecular weight is 262 g/mol. The van der Waals surface area contributed by atoms with Crippen LogP contribution in [0.5, 0.6) is 0 Å². The Labute approximate surface area is 115 Å². The summed E-state index contributed by atoms with van der Waals surface area (Å²) >= 11 is 0. The van der Waals surface area contributed by atoms with E-state index < -0.39 is 0 Å². The topological polar surface area (TPSA) is 30.7 Å². The average Bonchev–Trinajstić information content (AvgIpc) is 2.90. The molecule has 1 aliphatic rings. The van der Waals surface area contributed by atoms with Gasteiger partial charge in [-0.3, -0.25) is 4.79 Å². The number of carbonyl (C=O) groups excluding carboxylic acids is 1. The van der Waals surface area contributed by atoms with Gasteiger partial charge >= 0.3 is 5.97 Å². The second-order valence-electron chi connectivity index (χ2n) is 5.75. The summed E-state index contributed by atoms with van der Waals surface area (Å²) in [6, 6.07) is 10.1. The fraction of sp³-hybridized carbons (Fsp3) is 0.562. The Kier molecular flexibility index (Phi) is 4.59. The second kappa shape index (κ2) is 6.20.